The number of amides is 2. The van der Waals surface area contributed by atoms with Crippen LogP contribution >= 0.6 is 0 Å². The number of aromatic hydroxyl groups is 1. The van der Waals surface area contributed by atoms with Gasteiger partial charge in [0, 0.05) is 11.5 Å². The van der Waals surface area contributed by atoms with Gasteiger partial charge in [0.15, 0.2) is 17.1 Å². The van der Waals surface area contributed by atoms with Gasteiger partial charge in [0.2, 0.25) is 11.7 Å². The Morgan fingerprint density at radius 2 is 1.79 bits per heavy atom. The first kappa shape index (κ1) is 31.1. The van der Waals surface area contributed by atoms with E-state index in [1.54, 1.807) is 6.92 Å². The molecule has 0 heterocycles. The molecule has 3 aliphatic rings. The fourth-order valence-electron chi connectivity index (χ4n) is 6.59. The molecule has 1 aromatic rings. The molecule has 0 bridgehead atoms. The third-order valence-electron chi connectivity index (χ3n) is 8.70. The molecule has 2 amide bonds. The summed E-state index contributed by atoms with van der Waals surface area (Å²) in [5, 5.41) is 59.3. The van der Waals surface area contributed by atoms with Gasteiger partial charge < -0.3 is 48.1 Å². The first-order chi connectivity index (χ1) is 19.6. The Morgan fingerprint density at radius 3 is 2.36 bits per heavy atom. The van der Waals surface area contributed by atoms with E-state index in [-0.39, 0.29) is 16.8 Å². The van der Waals surface area contributed by atoms with Crippen molar-refractivity contribution in [1.29, 1.82) is 0 Å². The summed E-state index contributed by atoms with van der Waals surface area (Å²) in [4.78, 5) is 53.5. The van der Waals surface area contributed by atoms with E-state index < -0.39 is 93.3 Å². The number of likely N-dealkylation sites (N-methyl/N-ethyl adjacent to an activating group) is 1. The van der Waals surface area contributed by atoms with Crippen LogP contribution in [0.4, 0.5) is 5.69 Å². The van der Waals surface area contributed by atoms with Crippen LogP contribution in [0.1, 0.15) is 48.0 Å². The van der Waals surface area contributed by atoms with E-state index in [0.717, 1.165) is 0 Å². The molecular formula is C28H37N5O9. The van der Waals surface area contributed by atoms with Gasteiger partial charge in [0.1, 0.15) is 17.1 Å². The van der Waals surface area contributed by atoms with Crippen molar-refractivity contribution in [2.75, 3.05) is 26.0 Å². The number of Topliss-reactive ketones (excluding diaryl/α,β-unsaturated/α-hetero) is 2. The Morgan fingerprint density at radius 1 is 1.14 bits per heavy atom. The number of rotatable bonds is 8. The molecule has 3 aliphatic carbocycles. The van der Waals surface area contributed by atoms with Crippen LogP contribution in [-0.2, 0) is 14.4 Å². The summed E-state index contributed by atoms with van der Waals surface area (Å²) < 4.78 is 0. The lowest BCUT2D eigenvalue weighted by Crippen LogP contribution is -2.68. The number of hydrogen-bond donors (Lipinski definition) is 9. The molecule has 7 atom stereocenters. The molecule has 0 radical (unpaired) electrons. The molecule has 228 valence electrons. The molecule has 14 nitrogen and oxygen atoms in total. The van der Waals surface area contributed by atoms with Crippen LogP contribution in [-0.4, -0.2) is 98.2 Å². The fourth-order valence-corrected chi connectivity index (χ4v) is 6.59. The number of ketones is 2. The molecule has 0 spiro atoms. The number of carbonyl (C=O) groups is 4. The number of nitrogens with zero attached hydrogens (tertiary/aromatic N) is 1. The highest BCUT2D eigenvalue weighted by Gasteiger charge is 2.67. The maximum atomic E-state index is 13.9. The van der Waals surface area contributed by atoms with E-state index in [9.17, 15) is 44.7 Å². The van der Waals surface area contributed by atoms with Gasteiger partial charge in [-0.3, -0.25) is 24.1 Å². The maximum Gasteiger partial charge on any atom is 0.255 e. The lowest BCUT2D eigenvalue weighted by molar-refractivity contribution is -0.162. The van der Waals surface area contributed by atoms with Crippen molar-refractivity contribution in [3.8, 4) is 5.75 Å². The van der Waals surface area contributed by atoms with Crippen molar-refractivity contribution in [3.05, 3.63) is 45.9 Å². The third kappa shape index (κ3) is 4.46. The van der Waals surface area contributed by atoms with E-state index in [0.29, 0.717) is 25.8 Å². The first-order valence-electron chi connectivity index (χ1n) is 13.6. The number of phenolic OH excluding ortho intramolecular Hbond substituents is 1. The number of fused-ring (bicyclic) bond motifs is 3. The number of aliphatic hydroxyl groups is 4. The van der Waals surface area contributed by atoms with Gasteiger partial charge in [0.25, 0.3) is 5.91 Å². The number of hydrogen-bond acceptors (Lipinski definition) is 12. The SMILES string of the molecule is CC1c2ccc(NC(=O)[C@@H](N)CCCCN)c(O)c2C(=O)C2=C(O)[C@]3(O)C(=O)C(C(N)=O)=C(O)[C@@H](N(C)C)C3C(O)C21. The highest BCUT2D eigenvalue weighted by Crippen LogP contribution is 2.56. The van der Waals surface area contributed by atoms with E-state index in [2.05, 4.69) is 5.32 Å². The lowest BCUT2D eigenvalue weighted by atomic mass is 9.55. The number of anilines is 1. The van der Waals surface area contributed by atoms with Crippen molar-refractivity contribution in [2.45, 2.75) is 55.9 Å². The van der Waals surface area contributed by atoms with Gasteiger partial charge in [-0.2, -0.15) is 0 Å². The Labute approximate surface area is 241 Å². The topological polar surface area (TPSA) is 263 Å². The van der Waals surface area contributed by atoms with Crippen LogP contribution in [0.3, 0.4) is 0 Å². The number of benzene rings is 1. The summed E-state index contributed by atoms with van der Waals surface area (Å²) in [7, 11) is 2.92. The smallest absolute Gasteiger partial charge is 0.255 e. The van der Waals surface area contributed by atoms with Gasteiger partial charge in [-0.15, -0.1) is 0 Å². The zero-order chi connectivity index (χ0) is 31.4. The molecule has 0 aromatic heterocycles. The molecule has 4 unspecified atom stereocenters. The van der Waals surface area contributed by atoms with Crippen molar-refractivity contribution < 1.29 is 44.7 Å². The molecular weight excluding hydrogens is 550 g/mol. The van der Waals surface area contributed by atoms with E-state index in [1.165, 1.54) is 31.1 Å². The van der Waals surface area contributed by atoms with Crippen LogP contribution in [0.25, 0.3) is 0 Å². The Balaban J connectivity index is 1.84. The second-order valence-corrected chi connectivity index (χ2v) is 11.4. The van der Waals surface area contributed by atoms with Gasteiger partial charge in [0.05, 0.1) is 35.4 Å². The predicted molar refractivity (Wildman–Crippen MR) is 149 cm³/mol. The van der Waals surface area contributed by atoms with Gasteiger partial charge in [-0.25, -0.2) is 0 Å². The van der Waals surface area contributed by atoms with Crippen molar-refractivity contribution >= 4 is 29.1 Å². The lowest BCUT2D eigenvalue weighted by Gasteiger charge is -2.53. The monoisotopic (exact) mass is 587 g/mol. The van der Waals surface area contributed by atoms with Crippen LogP contribution in [0.5, 0.6) is 5.75 Å². The first-order valence-corrected chi connectivity index (χ1v) is 13.6. The third-order valence-corrected chi connectivity index (χ3v) is 8.70. The normalized spacial score (nSPS) is 29.7. The van der Waals surface area contributed by atoms with Crippen molar-refractivity contribution in [1.82, 2.24) is 4.90 Å². The number of nitrogens with one attached hydrogen (secondary N) is 1. The summed E-state index contributed by atoms with van der Waals surface area (Å²) in [5.41, 5.74) is 12.0. The number of aliphatic hydroxyl groups excluding tert-OH is 3. The predicted octanol–water partition coefficient (Wildman–Crippen LogP) is -0.953. The van der Waals surface area contributed by atoms with Crippen LogP contribution in [0.15, 0.2) is 34.8 Å². The Hall–Kier alpha value is -3.82. The molecule has 0 saturated carbocycles. The molecule has 14 heteroatoms. The standard InChI is InChI=1S/C28H37N5O9/c1-10-11-7-8-13(32-27(41)12(30)6-4-5-9-29)20(34)15(11)21(35)16-14(10)22(36)18-19(33(2)3)23(37)17(26(31)40)25(39)28(18,42)24(16)38/h7-8,10,12,14,18-19,22,34,36-38,42H,4-6,9,29-30H2,1-3H3,(H2,31,40)(H,32,41)/t10?,12-,14?,18?,19-,22?,28-/m0/s1. The molecule has 42 heavy (non-hydrogen) atoms. The zero-order valence-electron chi connectivity index (χ0n) is 23.5. The van der Waals surface area contributed by atoms with Crippen LogP contribution < -0.4 is 22.5 Å². The number of unbranched alkanes of at least 4 members (excludes halogenated alkanes) is 1. The fraction of sp³-hybridized carbons (Fsp3) is 0.500. The Bertz CT molecular complexity index is 1420. The zero-order valence-corrected chi connectivity index (χ0v) is 23.5. The van der Waals surface area contributed by atoms with Crippen molar-refractivity contribution in [3.63, 3.8) is 0 Å². The maximum absolute atomic E-state index is 13.9. The summed E-state index contributed by atoms with van der Waals surface area (Å²) in [5.74, 6) is -10.6. The minimum Gasteiger partial charge on any atom is -0.510 e. The van der Waals surface area contributed by atoms with Gasteiger partial charge in [-0.05, 0) is 51.0 Å². The largest absolute Gasteiger partial charge is 0.510 e. The van der Waals surface area contributed by atoms with Crippen LogP contribution in [0, 0.1) is 11.8 Å². The second kappa shape index (κ2) is 11.1. The van der Waals surface area contributed by atoms with Gasteiger partial charge in [-0.1, -0.05) is 19.4 Å². The summed E-state index contributed by atoms with van der Waals surface area (Å²) in [6, 6.07) is 0.594. The summed E-state index contributed by atoms with van der Waals surface area (Å²) in [6.07, 6.45) is -0.0843. The summed E-state index contributed by atoms with van der Waals surface area (Å²) in [6.45, 7) is 2.05. The minimum atomic E-state index is -3.01. The molecule has 0 fully saturated rings. The number of nitrogens with two attached hydrogens (primary N) is 3. The average Bonchev–Trinajstić information content (AvgIpc) is 2.91. The second-order valence-electron chi connectivity index (χ2n) is 11.4. The van der Waals surface area contributed by atoms with E-state index in [1.807, 2.05) is 0 Å². The highest BCUT2D eigenvalue weighted by atomic mass is 16.4. The van der Waals surface area contributed by atoms with E-state index >= 15 is 0 Å². The molecule has 12 N–H and O–H groups in total. The Kier molecular flexibility index (Phi) is 8.23. The highest BCUT2D eigenvalue weighted by molar-refractivity contribution is 6.25. The molecule has 1 aromatic carbocycles. The molecule has 4 rings (SSSR count). The minimum absolute atomic E-state index is 0.134. The van der Waals surface area contributed by atoms with Crippen molar-refractivity contribution in [2.24, 2.45) is 29.0 Å². The summed E-state index contributed by atoms with van der Waals surface area (Å²) >= 11 is 0. The van der Waals surface area contributed by atoms with Crippen LogP contribution in [0.2, 0.25) is 0 Å². The number of primary amides is 1. The number of carbonyl (C=O) groups excluding carboxylic acids is 4. The molecule has 0 aliphatic heterocycles. The molecule has 0 saturated heterocycles. The quantitative estimate of drug-likeness (QED) is 0.101. The average molecular weight is 588 g/mol. The van der Waals surface area contributed by atoms with E-state index in [4.69, 9.17) is 17.2 Å². The van der Waals surface area contributed by atoms with Gasteiger partial charge >= 0.3 is 0 Å². The number of phenols is 1.